The van der Waals surface area contributed by atoms with E-state index in [0.717, 1.165) is 11.6 Å². The summed E-state index contributed by atoms with van der Waals surface area (Å²) in [5.41, 5.74) is 2.84. The maximum absolute atomic E-state index is 11.8. The number of nitrogens with zero attached hydrogens (tertiary/aromatic N) is 1. The highest BCUT2D eigenvalue weighted by atomic mass is 32.1. The van der Waals surface area contributed by atoms with E-state index in [1.807, 2.05) is 11.4 Å². The maximum atomic E-state index is 11.8. The summed E-state index contributed by atoms with van der Waals surface area (Å²) in [5, 5.41) is 10.2. The van der Waals surface area contributed by atoms with Crippen LogP contribution in [0.1, 0.15) is 20.9 Å². The zero-order chi connectivity index (χ0) is 15.1. The molecule has 2 N–H and O–H groups in total. The van der Waals surface area contributed by atoms with Crippen molar-refractivity contribution in [3.8, 4) is 0 Å². The van der Waals surface area contributed by atoms with Gasteiger partial charge in [0.1, 0.15) is 0 Å². The standard InChI is InChI=1S/C15H12N2O3S/c18-13(14-2-1-9-21-14)7-4-11-3-5-12(16-10-11)6-8-15(19)17-20/h1-10,20H,(H,17,19). The molecule has 0 atom stereocenters. The SMILES string of the molecule is O=C(C=Cc1ccc(C=CC(=O)c2cccs2)cn1)NO. The van der Waals surface area contributed by atoms with E-state index in [1.165, 1.54) is 29.0 Å². The summed E-state index contributed by atoms with van der Waals surface area (Å²) in [6.07, 6.45) is 7.41. The van der Waals surface area contributed by atoms with Gasteiger partial charge in [-0.05, 0) is 41.3 Å². The molecule has 0 aliphatic heterocycles. The van der Waals surface area contributed by atoms with Crippen molar-refractivity contribution in [3.63, 3.8) is 0 Å². The highest BCUT2D eigenvalue weighted by Gasteiger charge is 2.01. The average Bonchev–Trinajstić information content (AvgIpc) is 3.05. The Kier molecular flexibility index (Phi) is 5.14. The van der Waals surface area contributed by atoms with Crippen LogP contribution in [0.3, 0.4) is 0 Å². The Labute approximate surface area is 125 Å². The molecular weight excluding hydrogens is 288 g/mol. The third kappa shape index (κ3) is 4.48. The van der Waals surface area contributed by atoms with Crippen LogP contribution in [0.2, 0.25) is 0 Å². The van der Waals surface area contributed by atoms with E-state index in [-0.39, 0.29) is 5.78 Å². The second-order valence-electron chi connectivity index (χ2n) is 4.00. The van der Waals surface area contributed by atoms with E-state index < -0.39 is 5.91 Å². The fraction of sp³-hybridized carbons (Fsp3) is 0. The summed E-state index contributed by atoms with van der Waals surface area (Å²) < 4.78 is 0. The minimum absolute atomic E-state index is 0.0476. The first-order valence-electron chi connectivity index (χ1n) is 6.03. The molecule has 0 aliphatic carbocycles. The fourth-order valence-electron chi connectivity index (χ4n) is 1.49. The van der Waals surface area contributed by atoms with Gasteiger partial charge < -0.3 is 0 Å². The van der Waals surface area contributed by atoms with Crippen LogP contribution < -0.4 is 5.48 Å². The first-order valence-corrected chi connectivity index (χ1v) is 6.91. The summed E-state index contributed by atoms with van der Waals surface area (Å²) >= 11 is 1.40. The van der Waals surface area contributed by atoms with Gasteiger partial charge in [0, 0.05) is 12.3 Å². The van der Waals surface area contributed by atoms with Gasteiger partial charge >= 0.3 is 0 Å². The molecule has 2 aromatic heterocycles. The topological polar surface area (TPSA) is 79.3 Å². The number of rotatable bonds is 5. The summed E-state index contributed by atoms with van der Waals surface area (Å²) in [7, 11) is 0. The first-order chi connectivity index (χ1) is 10.2. The average molecular weight is 300 g/mol. The molecule has 0 aliphatic rings. The zero-order valence-electron chi connectivity index (χ0n) is 10.9. The molecule has 2 heterocycles. The predicted octanol–water partition coefficient (Wildman–Crippen LogP) is 2.56. The highest BCUT2D eigenvalue weighted by Crippen LogP contribution is 2.11. The Morgan fingerprint density at radius 1 is 1.19 bits per heavy atom. The molecule has 0 radical (unpaired) electrons. The minimum Gasteiger partial charge on any atom is -0.288 e. The molecule has 0 aromatic carbocycles. The van der Waals surface area contributed by atoms with E-state index in [9.17, 15) is 9.59 Å². The lowest BCUT2D eigenvalue weighted by atomic mass is 10.2. The molecule has 0 spiro atoms. The number of ketones is 1. The van der Waals surface area contributed by atoms with Crippen molar-refractivity contribution >= 4 is 35.2 Å². The maximum Gasteiger partial charge on any atom is 0.267 e. The van der Waals surface area contributed by atoms with Crippen LogP contribution in [0.15, 0.2) is 48.0 Å². The molecule has 6 heteroatoms. The van der Waals surface area contributed by atoms with Crippen molar-refractivity contribution in [2.45, 2.75) is 0 Å². The minimum atomic E-state index is -0.623. The van der Waals surface area contributed by atoms with Crippen LogP contribution in [0.4, 0.5) is 0 Å². The Morgan fingerprint density at radius 2 is 2.05 bits per heavy atom. The number of hydroxylamine groups is 1. The molecule has 0 bridgehead atoms. The number of nitrogens with one attached hydrogen (secondary N) is 1. The summed E-state index contributed by atoms with van der Waals surface area (Å²) in [6, 6.07) is 7.09. The van der Waals surface area contributed by atoms with Gasteiger partial charge in [0.2, 0.25) is 0 Å². The zero-order valence-corrected chi connectivity index (χ0v) is 11.7. The number of carbonyl (C=O) groups excluding carboxylic acids is 2. The molecule has 0 saturated carbocycles. The van der Waals surface area contributed by atoms with Crippen molar-refractivity contribution in [1.29, 1.82) is 0 Å². The Morgan fingerprint density at radius 3 is 2.67 bits per heavy atom. The molecule has 0 fully saturated rings. The molecule has 5 nitrogen and oxygen atoms in total. The van der Waals surface area contributed by atoms with Gasteiger partial charge in [-0.25, -0.2) is 5.48 Å². The Hall–Kier alpha value is -2.57. The molecular formula is C15H12N2O3S. The van der Waals surface area contributed by atoms with Crippen LogP contribution in [-0.2, 0) is 4.79 Å². The van der Waals surface area contributed by atoms with Gasteiger partial charge in [-0.15, -0.1) is 11.3 Å². The van der Waals surface area contributed by atoms with E-state index in [1.54, 1.807) is 30.5 Å². The number of amides is 1. The molecule has 0 saturated heterocycles. The smallest absolute Gasteiger partial charge is 0.267 e. The number of carbonyl (C=O) groups is 2. The fourth-order valence-corrected chi connectivity index (χ4v) is 2.13. The van der Waals surface area contributed by atoms with Crippen LogP contribution in [-0.4, -0.2) is 21.9 Å². The van der Waals surface area contributed by atoms with Crippen molar-refractivity contribution in [2.24, 2.45) is 0 Å². The highest BCUT2D eigenvalue weighted by molar-refractivity contribution is 7.12. The molecule has 106 valence electrons. The quantitative estimate of drug-likeness (QED) is 0.385. The lowest BCUT2D eigenvalue weighted by Gasteiger charge is -1.95. The van der Waals surface area contributed by atoms with E-state index >= 15 is 0 Å². The third-order valence-electron chi connectivity index (χ3n) is 2.52. The van der Waals surface area contributed by atoms with Gasteiger partial charge in [-0.1, -0.05) is 12.1 Å². The van der Waals surface area contributed by atoms with Crippen LogP contribution in [0, 0.1) is 0 Å². The number of pyridine rings is 1. The van der Waals surface area contributed by atoms with E-state index in [4.69, 9.17) is 5.21 Å². The second-order valence-corrected chi connectivity index (χ2v) is 4.95. The monoisotopic (exact) mass is 300 g/mol. The van der Waals surface area contributed by atoms with Gasteiger partial charge in [0.25, 0.3) is 5.91 Å². The lowest BCUT2D eigenvalue weighted by Crippen LogP contribution is -2.14. The molecule has 21 heavy (non-hydrogen) atoms. The number of hydrogen-bond acceptors (Lipinski definition) is 5. The Bertz CT molecular complexity index is 673. The number of thiophene rings is 1. The summed E-state index contributed by atoms with van der Waals surface area (Å²) in [5.74, 6) is -0.670. The van der Waals surface area contributed by atoms with Gasteiger partial charge in [-0.3, -0.25) is 19.8 Å². The number of aromatic nitrogens is 1. The largest absolute Gasteiger partial charge is 0.288 e. The van der Waals surface area contributed by atoms with E-state index in [0.29, 0.717) is 10.6 Å². The van der Waals surface area contributed by atoms with Crippen LogP contribution >= 0.6 is 11.3 Å². The first kappa shape index (κ1) is 14.8. The van der Waals surface area contributed by atoms with Crippen molar-refractivity contribution in [3.05, 3.63) is 64.1 Å². The van der Waals surface area contributed by atoms with Crippen molar-refractivity contribution in [2.75, 3.05) is 0 Å². The predicted molar refractivity (Wildman–Crippen MR) is 80.9 cm³/mol. The summed E-state index contributed by atoms with van der Waals surface area (Å²) in [6.45, 7) is 0. The second kappa shape index (κ2) is 7.28. The number of allylic oxidation sites excluding steroid dienone is 1. The summed E-state index contributed by atoms with van der Waals surface area (Å²) in [4.78, 5) is 27.4. The van der Waals surface area contributed by atoms with Gasteiger partial charge in [0.05, 0.1) is 10.6 Å². The molecule has 0 unspecified atom stereocenters. The number of hydrogen-bond donors (Lipinski definition) is 2. The van der Waals surface area contributed by atoms with E-state index in [2.05, 4.69) is 4.98 Å². The third-order valence-corrected chi connectivity index (χ3v) is 3.40. The normalized spacial score (nSPS) is 11.1. The van der Waals surface area contributed by atoms with Crippen LogP contribution in [0.25, 0.3) is 12.2 Å². The molecule has 2 aromatic rings. The lowest BCUT2D eigenvalue weighted by molar-refractivity contribution is -0.124. The molecule has 2 rings (SSSR count). The van der Waals surface area contributed by atoms with Gasteiger partial charge in [0.15, 0.2) is 5.78 Å². The van der Waals surface area contributed by atoms with Gasteiger partial charge in [-0.2, -0.15) is 0 Å². The van der Waals surface area contributed by atoms with Crippen LogP contribution in [0.5, 0.6) is 0 Å². The Balaban J connectivity index is 2.01. The molecule has 1 amide bonds. The van der Waals surface area contributed by atoms with Crippen molar-refractivity contribution in [1.82, 2.24) is 10.5 Å². The van der Waals surface area contributed by atoms with Crippen molar-refractivity contribution < 1.29 is 14.8 Å².